The second kappa shape index (κ2) is 4.40. The van der Waals surface area contributed by atoms with Gasteiger partial charge in [0, 0.05) is 5.56 Å². The Bertz CT molecular complexity index is 496. The van der Waals surface area contributed by atoms with Gasteiger partial charge in [-0.05, 0) is 37.7 Å². The van der Waals surface area contributed by atoms with Gasteiger partial charge in [0.15, 0.2) is 5.82 Å². The molecule has 0 aliphatic carbocycles. The molecule has 0 unspecified atom stereocenters. The van der Waals surface area contributed by atoms with Gasteiger partial charge in [0.25, 0.3) is 5.89 Å². The van der Waals surface area contributed by atoms with Crippen LogP contribution in [0.1, 0.15) is 11.4 Å². The first-order chi connectivity index (χ1) is 7.70. The maximum atomic E-state index is 13.1. The highest BCUT2D eigenvalue weighted by molar-refractivity contribution is 5.54. The van der Waals surface area contributed by atoms with Crippen LogP contribution in [0.15, 0.2) is 22.7 Å². The van der Waals surface area contributed by atoms with Gasteiger partial charge in [0.05, 0.1) is 6.54 Å². The van der Waals surface area contributed by atoms with Crippen molar-refractivity contribution in [3.63, 3.8) is 0 Å². The van der Waals surface area contributed by atoms with E-state index in [1.165, 1.54) is 6.07 Å². The molecule has 4 nitrogen and oxygen atoms in total. The summed E-state index contributed by atoms with van der Waals surface area (Å²) in [6, 6.07) is 4.71. The van der Waals surface area contributed by atoms with Crippen molar-refractivity contribution >= 4 is 0 Å². The van der Waals surface area contributed by atoms with Crippen molar-refractivity contribution in [3.05, 3.63) is 35.4 Å². The van der Waals surface area contributed by atoms with Gasteiger partial charge in [-0.15, -0.1) is 0 Å². The fourth-order valence-electron chi connectivity index (χ4n) is 1.38. The van der Waals surface area contributed by atoms with Crippen molar-refractivity contribution in [3.8, 4) is 11.5 Å². The smallest absolute Gasteiger partial charge is 0.257 e. The van der Waals surface area contributed by atoms with Crippen molar-refractivity contribution in [2.75, 3.05) is 7.05 Å². The minimum Gasteiger partial charge on any atom is -0.334 e. The minimum atomic E-state index is -0.237. The van der Waals surface area contributed by atoms with Gasteiger partial charge < -0.3 is 9.84 Å². The summed E-state index contributed by atoms with van der Waals surface area (Å²) in [5.74, 6) is 0.756. The fourth-order valence-corrected chi connectivity index (χ4v) is 1.38. The summed E-state index contributed by atoms with van der Waals surface area (Å²) in [4.78, 5) is 4.18. The third-order valence-electron chi connectivity index (χ3n) is 2.21. The summed E-state index contributed by atoms with van der Waals surface area (Å²) < 4.78 is 18.1. The number of aryl methyl sites for hydroxylation is 1. The van der Waals surface area contributed by atoms with E-state index in [0.717, 1.165) is 5.56 Å². The lowest BCUT2D eigenvalue weighted by atomic mass is 10.1. The molecule has 0 atom stereocenters. The quantitative estimate of drug-likeness (QED) is 0.860. The molecule has 2 rings (SSSR count). The van der Waals surface area contributed by atoms with Crippen LogP contribution in [0.2, 0.25) is 0 Å². The largest absolute Gasteiger partial charge is 0.334 e. The van der Waals surface area contributed by atoms with E-state index in [0.29, 0.717) is 23.8 Å². The van der Waals surface area contributed by atoms with Gasteiger partial charge in [-0.25, -0.2) is 4.39 Å². The summed E-state index contributed by atoms with van der Waals surface area (Å²) in [6.45, 7) is 2.24. The van der Waals surface area contributed by atoms with Crippen LogP contribution in [0.3, 0.4) is 0 Å². The second-order valence-electron chi connectivity index (χ2n) is 3.51. The van der Waals surface area contributed by atoms with Crippen LogP contribution in [-0.4, -0.2) is 17.2 Å². The van der Waals surface area contributed by atoms with Gasteiger partial charge >= 0.3 is 0 Å². The first-order valence-electron chi connectivity index (χ1n) is 4.94. The monoisotopic (exact) mass is 221 g/mol. The molecule has 1 aromatic carbocycles. The first kappa shape index (κ1) is 10.8. The van der Waals surface area contributed by atoms with Crippen molar-refractivity contribution in [1.29, 1.82) is 0 Å². The molecule has 16 heavy (non-hydrogen) atoms. The highest BCUT2D eigenvalue weighted by Crippen LogP contribution is 2.19. The Balaban J connectivity index is 2.31. The number of halogens is 1. The average molecular weight is 221 g/mol. The molecule has 0 spiro atoms. The molecule has 0 aliphatic heterocycles. The van der Waals surface area contributed by atoms with E-state index in [1.54, 1.807) is 26.1 Å². The molecule has 0 amide bonds. The zero-order valence-electron chi connectivity index (χ0n) is 9.12. The van der Waals surface area contributed by atoms with Crippen LogP contribution < -0.4 is 5.32 Å². The van der Waals surface area contributed by atoms with Crippen LogP contribution in [0, 0.1) is 12.7 Å². The zero-order chi connectivity index (χ0) is 11.5. The van der Waals surface area contributed by atoms with E-state index in [2.05, 4.69) is 15.5 Å². The standard InChI is InChI=1S/C11H12FN3O/c1-7-5-8(3-4-9(7)12)11-14-10(6-13-2)15-16-11/h3-5,13H,6H2,1-2H3. The Morgan fingerprint density at radius 2 is 2.25 bits per heavy atom. The summed E-state index contributed by atoms with van der Waals surface area (Å²) in [6.07, 6.45) is 0. The van der Waals surface area contributed by atoms with E-state index >= 15 is 0 Å². The summed E-state index contributed by atoms with van der Waals surface area (Å²) in [7, 11) is 1.80. The molecule has 1 aromatic heterocycles. The first-order valence-corrected chi connectivity index (χ1v) is 4.94. The fraction of sp³-hybridized carbons (Fsp3) is 0.273. The molecule has 0 bridgehead atoms. The molecule has 0 fully saturated rings. The van der Waals surface area contributed by atoms with E-state index in [4.69, 9.17) is 4.52 Å². The Labute approximate surface area is 92.5 Å². The Morgan fingerprint density at radius 1 is 1.44 bits per heavy atom. The topological polar surface area (TPSA) is 51.0 Å². The van der Waals surface area contributed by atoms with Crippen molar-refractivity contribution < 1.29 is 8.91 Å². The van der Waals surface area contributed by atoms with Gasteiger partial charge in [0.1, 0.15) is 5.82 Å². The molecule has 0 radical (unpaired) electrons. The number of nitrogens with zero attached hydrogens (tertiary/aromatic N) is 2. The van der Waals surface area contributed by atoms with Gasteiger partial charge in [-0.3, -0.25) is 0 Å². The predicted octanol–water partition coefficient (Wildman–Crippen LogP) is 1.90. The summed E-state index contributed by atoms with van der Waals surface area (Å²) >= 11 is 0. The Hall–Kier alpha value is -1.75. The summed E-state index contributed by atoms with van der Waals surface area (Å²) in [5.41, 5.74) is 1.29. The van der Waals surface area contributed by atoms with Crippen LogP contribution in [0.5, 0.6) is 0 Å². The highest BCUT2D eigenvalue weighted by Gasteiger charge is 2.09. The third kappa shape index (κ3) is 2.09. The normalized spacial score (nSPS) is 10.7. The van der Waals surface area contributed by atoms with Crippen LogP contribution in [-0.2, 0) is 6.54 Å². The molecule has 0 aliphatic rings. The molecule has 84 valence electrons. The molecule has 2 aromatic rings. The van der Waals surface area contributed by atoms with E-state index in [-0.39, 0.29) is 5.82 Å². The third-order valence-corrected chi connectivity index (χ3v) is 2.21. The lowest BCUT2D eigenvalue weighted by Crippen LogP contribution is -2.06. The maximum absolute atomic E-state index is 13.1. The zero-order valence-corrected chi connectivity index (χ0v) is 9.12. The SMILES string of the molecule is CNCc1noc(-c2ccc(F)c(C)c2)n1. The highest BCUT2D eigenvalue weighted by atomic mass is 19.1. The number of aromatic nitrogens is 2. The molecule has 1 N–H and O–H groups in total. The molecular weight excluding hydrogens is 209 g/mol. The molecule has 0 saturated carbocycles. The van der Waals surface area contributed by atoms with E-state index < -0.39 is 0 Å². The lowest BCUT2D eigenvalue weighted by molar-refractivity contribution is 0.420. The predicted molar refractivity (Wildman–Crippen MR) is 57.2 cm³/mol. The average Bonchev–Trinajstić information content (AvgIpc) is 2.71. The molecular formula is C11H12FN3O. The minimum absolute atomic E-state index is 0.237. The molecule has 0 saturated heterocycles. The van der Waals surface area contributed by atoms with Crippen LogP contribution in [0.4, 0.5) is 4.39 Å². The van der Waals surface area contributed by atoms with Gasteiger partial charge in [-0.1, -0.05) is 5.16 Å². The van der Waals surface area contributed by atoms with Crippen LogP contribution in [0.25, 0.3) is 11.5 Å². The molecule has 5 heteroatoms. The van der Waals surface area contributed by atoms with E-state index in [9.17, 15) is 4.39 Å². The Kier molecular flexibility index (Phi) is 2.96. The Morgan fingerprint density at radius 3 is 2.94 bits per heavy atom. The number of rotatable bonds is 3. The van der Waals surface area contributed by atoms with Crippen molar-refractivity contribution in [1.82, 2.24) is 15.5 Å². The van der Waals surface area contributed by atoms with Crippen LogP contribution >= 0.6 is 0 Å². The summed E-state index contributed by atoms with van der Waals surface area (Å²) in [5, 5.41) is 6.72. The number of hydrogen-bond donors (Lipinski definition) is 1. The number of nitrogens with one attached hydrogen (secondary N) is 1. The number of benzene rings is 1. The second-order valence-corrected chi connectivity index (χ2v) is 3.51. The van der Waals surface area contributed by atoms with Gasteiger partial charge in [-0.2, -0.15) is 4.98 Å². The lowest BCUT2D eigenvalue weighted by Gasteiger charge is -1.97. The van der Waals surface area contributed by atoms with Crippen molar-refractivity contribution in [2.24, 2.45) is 0 Å². The van der Waals surface area contributed by atoms with Crippen molar-refractivity contribution in [2.45, 2.75) is 13.5 Å². The molecule has 1 heterocycles. The maximum Gasteiger partial charge on any atom is 0.257 e. The number of hydrogen-bond acceptors (Lipinski definition) is 4. The van der Waals surface area contributed by atoms with E-state index in [1.807, 2.05) is 0 Å². The van der Waals surface area contributed by atoms with Gasteiger partial charge in [0.2, 0.25) is 0 Å².